The van der Waals surface area contributed by atoms with E-state index in [9.17, 15) is 9.90 Å². The van der Waals surface area contributed by atoms with Crippen molar-refractivity contribution in [2.24, 2.45) is 0 Å². The zero-order valence-electron chi connectivity index (χ0n) is 8.12. The zero-order chi connectivity index (χ0) is 10.9. The van der Waals surface area contributed by atoms with E-state index >= 15 is 0 Å². The molecule has 2 heterocycles. The number of furan rings is 1. The van der Waals surface area contributed by atoms with Gasteiger partial charge in [0.25, 0.3) is 0 Å². The van der Waals surface area contributed by atoms with Crippen molar-refractivity contribution >= 4 is 17.6 Å². The standard InChI is InChI=1S/C10H12ClNO3/c11-8-4-3-7(15-8)10(9(13)14)5-1-2-6-12-10/h3-4,12H,1-2,5-6H2,(H,13,14). The normalized spacial score (nSPS) is 26.5. The third kappa shape index (κ3) is 1.75. The highest BCUT2D eigenvalue weighted by Crippen LogP contribution is 2.32. The van der Waals surface area contributed by atoms with Gasteiger partial charge in [0, 0.05) is 0 Å². The predicted molar refractivity (Wildman–Crippen MR) is 54.9 cm³/mol. The first-order valence-corrected chi connectivity index (χ1v) is 5.27. The molecule has 1 aromatic heterocycles. The maximum atomic E-state index is 11.3. The number of halogens is 1. The van der Waals surface area contributed by atoms with E-state index in [4.69, 9.17) is 16.0 Å². The molecule has 0 spiro atoms. The van der Waals surface area contributed by atoms with Crippen molar-refractivity contribution in [3.63, 3.8) is 0 Å². The molecule has 82 valence electrons. The smallest absolute Gasteiger partial charge is 0.331 e. The summed E-state index contributed by atoms with van der Waals surface area (Å²) in [4.78, 5) is 11.3. The number of rotatable bonds is 2. The minimum Gasteiger partial charge on any atom is -0.480 e. The van der Waals surface area contributed by atoms with Crippen molar-refractivity contribution in [1.82, 2.24) is 5.32 Å². The summed E-state index contributed by atoms with van der Waals surface area (Å²) in [6, 6.07) is 3.19. The summed E-state index contributed by atoms with van der Waals surface area (Å²) < 4.78 is 5.21. The van der Waals surface area contributed by atoms with Gasteiger partial charge in [-0.15, -0.1) is 0 Å². The Labute approximate surface area is 92.2 Å². The molecule has 4 nitrogen and oxygen atoms in total. The van der Waals surface area contributed by atoms with Crippen molar-refractivity contribution in [1.29, 1.82) is 0 Å². The first-order chi connectivity index (χ1) is 7.15. The summed E-state index contributed by atoms with van der Waals surface area (Å²) in [5, 5.41) is 12.5. The largest absolute Gasteiger partial charge is 0.480 e. The molecule has 1 unspecified atom stereocenters. The van der Waals surface area contributed by atoms with Crippen LogP contribution in [0.5, 0.6) is 0 Å². The lowest BCUT2D eigenvalue weighted by molar-refractivity contribution is -0.147. The fourth-order valence-electron chi connectivity index (χ4n) is 1.95. The molecule has 0 aliphatic carbocycles. The molecule has 0 bridgehead atoms. The van der Waals surface area contributed by atoms with E-state index in [1.54, 1.807) is 12.1 Å². The van der Waals surface area contributed by atoms with E-state index in [1.165, 1.54) is 0 Å². The van der Waals surface area contributed by atoms with Crippen LogP contribution in [0.3, 0.4) is 0 Å². The van der Waals surface area contributed by atoms with Crippen molar-refractivity contribution in [2.75, 3.05) is 6.54 Å². The van der Waals surface area contributed by atoms with E-state index in [0.29, 0.717) is 18.7 Å². The first-order valence-electron chi connectivity index (χ1n) is 4.89. The molecule has 1 aliphatic heterocycles. The average Bonchev–Trinajstić information content (AvgIpc) is 2.66. The molecule has 1 aliphatic rings. The number of piperidine rings is 1. The van der Waals surface area contributed by atoms with Crippen LogP contribution in [0, 0.1) is 0 Å². The Hall–Kier alpha value is -1.00. The summed E-state index contributed by atoms with van der Waals surface area (Å²) in [5.74, 6) is -0.520. The van der Waals surface area contributed by atoms with Crippen molar-refractivity contribution in [2.45, 2.75) is 24.8 Å². The third-order valence-corrected chi connectivity index (χ3v) is 2.97. The van der Waals surface area contributed by atoms with Gasteiger partial charge in [0.05, 0.1) is 0 Å². The molecule has 1 fully saturated rings. The molecule has 1 atom stereocenters. The second-order valence-electron chi connectivity index (χ2n) is 3.70. The lowest BCUT2D eigenvalue weighted by Crippen LogP contribution is -2.51. The highest BCUT2D eigenvalue weighted by atomic mass is 35.5. The van der Waals surface area contributed by atoms with Gasteiger partial charge >= 0.3 is 5.97 Å². The molecular formula is C10H12ClNO3. The van der Waals surface area contributed by atoms with E-state index in [-0.39, 0.29) is 5.22 Å². The van der Waals surface area contributed by atoms with E-state index < -0.39 is 11.5 Å². The van der Waals surface area contributed by atoms with Crippen LogP contribution < -0.4 is 5.32 Å². The van der Waals surface area contributed by atoms with Crippen LogP contribution in [0.1, 0.15) is 25.0 Å². The summed E-state index contributed by atoms with van der Waals surface area (Å²) in [7, 11) is 0. The number of carbonyl (C=O) groups is 1. The van der Waals surface area contributed by atoms with Crippen LogP contribution in [0.4, 0.5) is 0 Å². The molecule has 0 radical (unpaired) electrons. The highest BCUT2D eigenvalue weighted by Gasteiger charge is 2.44. The van der Waals surface area contributed by atoms with E-state index in [1.807, 2.05) is 0 Å². The Morgan fingerprint density at radius 1 is 1.53 bits per heavy atom. The Morgan fingerprint density at radius 2 is 2.33 bits per heavy atom. The minimum atomic E-state index is -1.09. The first kappa shape index (κ1) is 10.5. The maximum absolute atomic E-state index is 11.3. The quantitative estimate of drug-likeness (QED) is 0.814. The fraction of sp³-hybridized carbons (Fsp3) is 0.500. The van der Waals surface area contributed by atoms with Gasteiger partial charge in [-0.3, -0.25) is 5.32 Å². The molecule has 2 rings (SSSR count). The number of aliphatic carboxylic acids is 1. The lowest BCUT2D eigenvalue weighted by atomic mass is 9.86. The number of hydrogen-bond donors (Lipinski definition) is 2. The van der Waals surface area contributed by atoms with Crippen LogP contribution in [0.15, 0.2) is 16.5 Å². The average molecular weight is 230 g/mol. The molecule has 1 aromatic rings. The summed E-state index contributed by atoms with van der Waals surface area (Å²) in [5.41, 5.74) is -1.09. The second-order valence-corrected chi connectivity index (χ2v) is 4.07. The van der Waals surface area contributed by atoms with E-state index in [2.05, 4.69) is 5.32 Å². The van der Waals surface area contributed by atoms with Crippen molar-refractivity contribution < 1.29 is 14.3 Å². The maximum Gasteiger partial charge on any atom is 0.331 e. The molecule has 2 N–H and O–H groups in total. The van der Waals surface area contributed by atoms with Gasteiger partial charge in [-0.25, -0.2) is 4.79 Å². The summed E-state index contributed by atoms with van der Waals surface area (Å²) in [6.07, 6.45) is 2.40. The molecule has 5 heteroatoms. The minimum absolute atomic E-state index is 0.220. The van der Waals surface area contributed by atoms with Crippen LogP contribution >= 0.6 is 11.6 Å². The summed E-state index contributed by atoms with van der Waals surface area (Å²) >= 11 is 5.66. The Bertz CT molecular complexity index is 368. The number of carboxylic acid groups (broad SMARTS) is 1. The molecule has 0 aromatic carbocycles. The van der Waals surface area contributed by atoms with Crippen molar-refractivity contribution in [3.05, 3.63) is 23.1 Å². The molecule has 0 saturated carbocycles. The number of carboxylic acids is 1. The van der Waals surface area contributed by atoms with Crippen LogP contribution in [-0.4, -0.2) is 17.6 Å². The molecule has 15 heavy (non-hydrogen) atoms. The van der Waals surface area contributed by atoms with Crippen LogP contribution in [0.2, 0.25) is 5.22 Å². The monoisotopic (exact) mass is 229 g/mol. The second kappa shape index (κ2) is 3.87. The molecule has 1 saturated heterocycles. The predicted octanol–water partition coefficient (Wildman–Crippen LogP) is 1.99. The van der Waals surface area contributed by atoms with Gasteiger partial charge in [0.2, 0.25) is 0 Å². The van der Waals surface area contributed by atoms with Gasteiger partial charge in [-0.1, -0.05) is 0 Å². The SMILES string of the molecule is O=C(O)C1(c2ccc(Cl)o2)CCCCN1. The van der Waals surface area contributed by atoms with Crippen LogP contribution in [0.25, 0.3) is 0 Å². The molecular weight excluding hydrogens is 218 g/mol. The van der Waals surface area contributed by atoms with Crippen molar-refractivity contribution in [3.8, 4) is 0 Å². The molecule has 0 amide bonds. The fourth-order valence-corrected chi connectivity index (χ4v) is 2.09. The third-order valence-electron chi connectivity index (χ3n) is 2.76. The van der Waals surface area contributed by atoms with Gasteiger partial charge < -0.3 is 9.52 Å². The lowest BCUT2D eigenvalue weighted by Gasteiger charge is -2.32. The number of nitrogens with one attached hydrogen (secondary N) is 1. The van der Waals surface area contributed by atoms with Crippen LogP contribution in [-0.2, 0) is 10.3 Å². The van der Waals surface area contributed by atoms with Gasteiger partial charge in [0.15, 0.2) is 10.8 Å². The Balaban J connectivity index is 2.37. The highest BCUT2D eigenvalue weighted by molar-refractivity contribution is 6.28. The number of hydrogen-bond acceptors (Lipinski definition) is 3. The van der Waals surface area contributed by atoms with Gasteiger partial charge in [-0.2, -0.15) is 0 Å². The zero-order valence-corrected chi connectivity index (χ0v) is 8.88. The van der Waals surface area contributed by atoms with Gasteiger partial charge in [-0.05, 0) is 49.5 Å². The summed E-state index contributed by atoms with van der Waals surface area (Å²) in [6.45, 7) is 0.685. The Morgan fingerprint density at radius 3 is 2.80 bits per heavy atom. The van der Waals surface area contributed by atoms with Gasteiger partial charge in [0.1, 0.15) is 5.76 Å². The van der Waals surface area contributed by atoms with E-state index in [0.717, 1.165) is 12.8 Å². The Kier molecular flexibility index (Phi) is 2.71. The topological polar surface area (TPSA) is 62.5 Å².